The van der Waals surface area contributed by atoms with Gasteiger partial charge in [-0.1, -0.05) is 22.5 Å². The molecule has 1 aliphatic rings. The molecule has 0 aromatic carbocycles. The standard InChI is InChI=1S/C12H14BrNO/c1-8(13)7-14-9(2)6-10-11(14)4-3-5-12(10)15/h6H,1,3-5,7H2,2H3. The molecule has 0 N–H and O–H groups in total. The number of nitrogens with zero attached hydrogens (tertiary/aromatic N) is 1. The summed E-state index contributed by atoms with van der Waals surface area (Å²) in [4.78, 5) is 11.7. The van der Waals surface area contributed by atoms with Crippen LogP contribution in [0.4, 0.5) is 0 Å². The van der Waals surface area contributed by atoms with Gasteiger partial charge in [0.15, 0.2) is 5.78 Å². The number of aryl methyl sites for hydroxylation is 1. The maximum Gasteiger partial charge on any atom is 0.164 e. The Labute approximate surface area is 98.1 Å². The second kappa shape index (κ2) is 3.97. The normalized spacial score (nSPS) is 15.2. The van der Waals surface area contributed by atoms with Gasteiger partial charge in [0.2, 0.25) is 0 Å². The quantitative estimate of drug-likeness (QED) is 0.807. The first kappa shape index (κ1) is 10.7. The molecule has 1 aromatic rings. The summed E-state index contributed by atoms with van der Waals surface area (Å²) in [5.41, 5.74) is 3.26. The summed E-state index contributed by atoms with van der Waals surface area (Å²) in [5, 5.41) is 0. The van der Waals surface area contributed by atoms with Gasteiger partial charge in [0.05, 0.1) is 6.54 Å². The number of aromatic nitrogens is 1. The monoisotopic (exact) mass is 267 g/mol. The van der Waals surface area contributed by atoms with E-state index in [1.54, 1.807) is 0 Å². The van der Waals surface area contributed by atoms with E-state index in [1.807, 2.05) is 13.0 Å². The van der Waals surface area contributed by atoms with Crippen molar-refractivity contribution in [2.75, 3.05) is 0 Å². The van der Waals surface area contributed by atoms with Crippen LogP contribution < -0.4 is 0 Å². The molecule has 0 unspecified atom stereocenters. The van der Waals surface area contributed by atoms with E-state index in [-0.39, 0.29) is 0 Å². The van der Waals surface area contributed by atoms with Gasteiger partial charge in [-0.05, 0) is 25.8 Å². The molecule has 0 spiro atoms. The lowest BCUT2D eigenvalue weighted by Gasteiger charge is -2.15. The van der Waals surface area contributed by atoms with Crippen LogP contribution in [-0.2, 0) is 13.0 Å². The van der Waals surface area contributed by atoms with Crippen LogP contribution in [-0.4, -0.2) is 10.4 Å². The van der Waals surface area contributed by atoms with Gasteiger partial charge in [-0.2, -0.15) is 0 Å². The van der Waals surface area contributed by atoms with Crippen LogP contribution >= 0.6 is 15.9 Å². The number of ketones is 1. The average molecular weight is 268 g/mol. The molecule has 2 nitrogen and oxygen atoms in total. The van der Waals surface area contributed by atoms with Gasteiger partial charge in [-0.25, -0.2) is 0 Å². The minimum absolute atomic E-state index is 0.290. The van der Waals surface area contributed by atoms with Crippen LogP contribution in [0.15, 0.2) is 17.1 Å². The summed E-state index contributed by atoms with van der Waals surface area (Å²) < 4.78 is 3.13. The van der Waals surface area contributed by atoms with Crippen molar-refractivity contribution in [3.63, 3.8) is 0 Å². The highest BCUT2D eigenvalue weighted by molar-refractivity contribution is 9.11. The molecule has 0 bridgehead atoms. The highest BCUT2D eigenvalue weighted by Crippen LogP contribution is 2.26. The van der Waals surface area contributed by atoms with Crippen LogP contribution in [0, 0.1) is 6.92 Å². The zero-order chi connectivity index (χ0) is 11.0. The number of allylic oxidation sites excluding steroid dienone is 1. The fourth-order valence-electron chi connectivity index (χ4n) is 2.18. The maximum atomic E-state index is 11.7. The summed E-state index contributed by atoms with van der Waals surface area (Å²) in [6.07, 6.45) is 2.69. The van der Waals surface area contributed by atoms with Gasteiger partial charge in [0, 0.05) is 27.9 Å². The lowest BCUT2D eigenvalue weighted by atomic mass is 9.97. The molecule has 0 aliphatic heterocycles. The molecule has 80 valence electrons. The Morgan fingerprint density at radius 2 is 2.33 bits per heavy atom. The number of rotatable bonds is 2. The first-order valence-corrected chi connectivity index (χ1v) is 5.94. The minimum atomic E-state index is 0.290. The van der Waals surface area contributed by atoms with E-state index >= 15 is 0 Å². The van der Waals surface area contributed by atoms with Gasteiger partial charge >= 0.3 is 0 Å². The number of hydrogen-bond donors (Lipinski definition) is 0. The van der Waals surface area contributed by atoms with Gasteiger partial charge in [-0.3, -0.25) is 4.79 Å². The molecule has 1 aromatic heterocycles. The highest BCUT2D eigenvalue weighted by atomic mass is 79.9. The van der Waals surface area contributed by atoms with Crippen molar-refractivity contribution in [3.05, 3.63) is 34.1 Å². The third kappa shape index (κ3) is 1.93. The van der Waals surface area contributed by atoms with Gasteiger partial charge in [0.25, 0.3) is 0 Å². The molecule has 0 fully saturated rings. The molecule has 0 radical (unpaired) electrons. The molecule has 0 atom stereocenters. The van der Waals surface area contributed by atoms with Crippen LogP contribution in [0.25, 0.3) is 0 Å². The fourth-order valence-corrected chi connectivity index (χ4v) is 2.43. The molecule has 1 aliphatic carbocycles. The molecule has 2 rings (SSSR count). The average Bonchev–Trinajstić information content (AvgIpc) is 2.45. The first-order chi connectivity index (χ1) is 7.09. The van der Waals surface area contributed by atoms with Gasteiger partial charge < -0.3 is 4.57 Å². The van der Waals surface area contributed by atoms with E-state index in [0.717, 1.165) is 35.1 Å². The smallest absolute Gasteiger partial charge is 0.164 e. The van der Waals surface area contributed by atoms with E-state index in [2.05, 4.69) is 27.1 Å². The number of Topliss-reactive ketones (excluding diaryl/α,β-unsaturated/α-hetero) is 1. The van der Waals surface area contributed by atoms with Crippen molar-refractivity contribution in [3.8, 4) is 0 Å². The Morgan fingerprint density at radius 3 is 3.00 bits per heavy atom. The molecule has 0 amide bonds. The molecule has 15 heavy (non-hydrogen) atoms. The third-order valence-electron chi connectivity index (χ3n) is 2.86. The fraction of sp³-hybridized carbons (Fsp3) is 0.417. The minimum Gasteiger partial charge on any atom is -0.343 e. The Balaban J connectivity index is 2.46. The molecular weight excluding hydrogens is 254 g/mol. The van der Waals surface area contributed by atoms with Crippen LogP contribution in [0.5, 0.6) is 0 Å². The molecule has 1 heterocycles. The zero-order valence-electron chi connectivity index (χ0n) is 8.85. The van der Waals surface area contributed by atoms with Crippen molar-refractivity contribution in [1.29, 1.82) is 0 Å². The summed E-state index contributed by atoms with van der Waals surface area (Å²) in [7, 11) is 0. The number of fused-ring (bicyclic) bond motifs is 1. The van der Waals surface area contributed by atoms with Crippen LogP contribution in [0.1, 0.15) is 34.6 Å². The van der Waals surface area contributed by atoms with Gasteiger partial charge in [0.1, 0.15) is 0 Å². The predicted octanol–water partition coefficient (Wildman–Crippen LogP) is 3.22. The van der Waals surface area contributed by atoms with Crippen molar-refractivity contribution in [2.45, 2.75) is 32.7 Å². The lowest BCUT2D eigenvalue weighted by Crippen LogP contribution is -2.13. The second-order valence-electron chi connectivity index (χ2n) is 4.03. The number of carbonyl (C=O) groups is 1. The van der Waals surface area contributed by atoms with E-state index in [4.69, 9.17) is 0 Å². The highest BCUT2D eigenvalue weighted by Gasteiger charge is 2.22. The summed E-state index contributed by atoms with van der Waals surface area (Å²) in [6, 6.07) is 2.01. The number of carbonyl (C=O) groups excluding carboxylic acids is 1. The summed E-state index contributed by atoms with van der Waals surface area (Å²) in [5.74, 6) is 0.290. The van der Waals surface area contributed by atoms with Crippen molar-refractivity contribution < 1.29 is 4.79 Å². The van der Waals surface area contributed by atoms with Crippen LogP contribution in [0.3, 0.4) is 0 Å². The lowest BCUT2D eigenvalue weighted by molar-refractivity contribution is 0.0972. The van der Waals surface area contributed by atoms with Crippen molar-refractivity contribution >= 4 is 21.7 Å². The zero-order valence-corrected chi connectivity index (χ0v) is 10.4. The summed E-state index contributed by atoms with van der Waals surface area (Å²) >= 11 is 3.37. The Morgan fingerprint density at radius 1 is 1.60 bits per heavy atom. The molecule has 3 heteroatoms. The maximum absolute atomic E-state index is 11.7. The topological polar surface area (TPSA) is 22.0 Å². The predicted molar refractivity (Wildman–Crippen MR) is 64.5 cm³/mol. The third-order valence-corrected chi connectivity index (χ3v) is 3.11. The Hall–Kier alpha value is -0.830. The van der Waals surface area contributed by atoms with E-state index in [1.165, 1.54) is 5.69 Å². The van der Waals surface area contributed by atoms with Crippen LogP contribution in [0.2, 0.25) is 0 Å². The van der Waals surface area contributed by atoms with Crippen molar-refractivity contribution in [1.82, 2.24) is 4.57 Å². The largest absolute Gasteiger partial charge is 0.343 e. The first-order valence-electron chi connectivity index (χ1n) is 5.15. The number of halogens is 1. The summed E-state index contributed by atoms with van der Waals surface area (Å²) in [6.45, 7) is 6.65. The number of hydrogen-bond acceptors (Lipinski definition) is 1. The Bertz CT molecular complexity index is 431. The molecular formula is C12H14BrNO. The molecule has 0 saturated carbocycles. The second-order valence-corrected chi connectivity index (χ2v) is 5.15. The van der Waals surface area contributed by atoms with E-state index in [0.29, 0.717) is 12.2 Å². The van der Waals surface area contributed by atoms with Gasteiger partial charge in [-0.15, -0.1) is 0 Å². The Kier molecular flexibility index (Phi) is 2.83. The molecule has 0 saturated heterocycles. The SMILES string of the molecule is C=C(Br)Cn1c(C)cc2c1CCCC2=O. The van der Waals surface area contributed by atoms with E-state index in [9.17, 15) is 4.79 Å². The van der Waals surface area contributed by atoms with Crippen molar-refractivity contribution in [2.24, 2.45) is 0 Å². The van der Waals surface area contributed by atoms with E-state index < -0.39 is 0 Å².